The lowest BCUT2D eigenvalue weighted by Crippen LogP contribution is -2.13. The van der Waals surface area contributed by atoms with Crippen LogP contribution in [0.25, 0.3) is 10.8 Å². The Morgan fingerprint density at radius 3 is 2.43 bits per heavy atom. The summed E-state index contributed by atoms with van der Waals surface area (Å²) in [5, 5.41) is 2.52. The summed E-state index contributed by atoms with van der Waals surface area (Å²) in [4.78, 5) is 1.27. The Balaban J connectivity index is 1.78. The molecule has 2 heteroatoms. The van der Waals surface area contributed by atoms with E-state index in [1.807, 2.05) is 11.8 Å². The van der Waals surface area contributed by atoms with Gasteiger partial charge in [0.25, 0.3) is 0 Å². The SMILES string of the molecule is Cc1ccc(SCC(N)c2cccc3ccccc23)cc1. The minimum absolute atomic E-state index is 0.0439. The third-order valence-corrected chi connectivity index (χ3v) is 4.80. The van der Waals surface area contributed by atoms with Crippen LogP contribution < -0.4 is 5.73 Å². The average Bonchev–Trinajstić information content (AvgIpc) is 2.53. The zero-order valence-electron chi connectivity index (χ0n) is 12.1. The summed E-state index contributed by atoms with van der Waals surface area (Å²) in [5.74, 6) is 0.886. The van der Waals surface area contributed by atoms with Crippen LogP contribution in [0.4, 0.5) is 0 Å². The van der Waals surface area contributed by atoms with E-state index in [0.29, 0.717) is 0 Å². The summed E-state index contributed by atoms with van der Waals surface area (Å²) in [5.41, 5.74) is 8.94. The molecule has 0 fully saturated rings. The first kappa shape index (κ1) is 14.2. The maximum Gasteiger partial charge on any atom is 0.0396 e. The Morgan fingerprint density at radius 2 is 1.62 bits per heavy atom. The molecule has 1 atom stereocenters. The van der Waals surface area contributed by atoms with E-state index in [-0.39, 0.29) is 6.04 Å². The Kier molecular flexibility index (Phi) is 4.28. The first-order valence-corrected chi connectivity index (χ1v) is 8.15. The molecule has 0 saturated carbocycles. The zero-order chi connectivity index (χ0) is 14.7. The maximum atomic E-state index is 6.42. The van der Waals surface area contributed by atoms with E-state index in [4.69, 9.17) is 5.73 Å². The molecule has 0 aromatic heterocycles. The van der Waals surface area contributed by atoms with Crippen LogP contribution in [0.15, 0.2) is 71.6 Å². The van der Waals surface area contributed by atoms with Crippen LogP contribution in [-0.4, -0.2) is 5.75 Å². The van der Waals surface area contributed by atoms with E-state index in [1.165, 1.54) is 26.8 Å². The smallest absolute Gasteiger partial charge is 0.0396 e. The summed E-state index contributed by atoms with van der Waals surface area (Å²) < 4.78 is 0. The summed E-state index contributed by atoms with van der Waals surface area (Å²) >= 11 is 1.82. The average molecular weight is 293 g/mol. The van der Waals surface area contributed by atoms with Crippen molar-refractivity contribution >= 4 is 22.5 Å². The highest BCUT2D eigenvalue weighted by molar-refractivity contribution is 7.99. The Hall–Kier alpha value is -1.77. The second-order valence-electron chi connectivity index (χ2n) is 5.30. The fourth-order valence-electron chi connectivity index (χ4n) is 2.48. The molecule has 0 bridgehead atoms. The van der Waals surface area contributed by atoms with E-state index >= 15 is 0 Å². The van der Waals surface area contributed by atoms with Crippen LogP contribution in [-0.2, 0) is 0 Å². The minimum Gasteiger partial charge on any atom is -0.323 e. The number of hydrogen-bond donors (Lipinski definition) is 1. The molecule has 3 aromatic rings. The first-order chi connectivity index (χ1) is 10.2. The number of nitrogens with two attached hydrogens (primary N) is 1. The first-order valence-electron chi connectivity index (χ1n) is 7.17. The zero-order valence-corrected chi connectivity index (χ0v) is 12.9. The van der Waals surface area contributed by atoms with E-state index < -0.39 is 0 Å². The summed E-state index contributed by atoms with van der Waals surface area (Å²) in [6.45, 7) is 2.11. The van der Waals surface area contributed by atoms with Crippen LogP contribution in [0.1, 0.15) is 17.2 Å². The lowest BCUT2D eigenvalue weighted by molar-refractivity contribution is 0.840. The number of fused-ring (bicyclic) bond motifs is 1. The van der Waals surface area contributed by atoms with Crippen LogP contribution in [0.5, 0.6) is 0 Å². The van der Waals surface area contributed by atoms with Gasteiger partial charge >= 0.3 is 0 Å². The molecule has 3 aromatic carbocycles. The van der Waals surface area contributed by atoms with Crippen LogP contribution in [0, 0.1) is 6.92 Å². The third kappa shape index (κ3) is 3.29. The standard InChI is InChI=1S/C19H19NS/c1-14-9-11-16(12-10-14)21-13-19(20)18-8-4-6-15-5-2-3-7-17(15)18/h2-12,19H,13,20H2,1H3. The molecule has 0 amide bonds. The molecule has 0 saturated heterocycles. The summed E-state index contributed by atoms with van der Waals surface area (Å²) in [7, 11) is 0. The highest BCUT2D eigenvalue weighted by atomic mass is 32.2. The molecule has 21 heavy (non-hydrogen) atoms. The Bertz CT molecular complexity index is 729. The van der Waals surface area contributed by atoms with Crippen LogP contribution in [0.2, 0.25) is 0 Å². The molecule has 2 N–H and O–H groups in total. The van der Waals surface area contributed by atoms with Crippen molar-refractivity contribution in [1.29, 1.82) is 0 Å². The summed E-state index contributed by atoms with van der Waals surface area (Å²) in [6.07, 6.45) is 0. The van der Waals surface area contributed by atoms with Gasteiger partial charge in [-0.25, -0.2) is 0 Å². The number of rotatable bonds is 4. The van der Waals surface area contributed by atoms with Gasteiger partial charge in [0.15, 0.2) is 0 Å². The number of hydrogen-bond acceptors (Lipinski definition) is 2. The number of thioether (sulfide) groups is 1. The van der Waals surface area contributed by atoms with E-state index in [9.17, 15) is 0 Å². The van der Waals surface area contributed by atoms with Crippen LogP contribution >= 0.6 is 11.8 Å². The Labute approximate surface area is 130 Å². The van der Waals surface area contributed by atoms with E-state index in [2.05, 4.69) is 73.7 Å². The van der Waals surface area contributed by atoms with Gasteiger partial charge in [0.05, 0.1) is 0 Å². The van der Waals surface area contributed by atoms with Crippen molar-refractivity contribution in [2.24, 2.45) is 5.73 Å². The molecule has 106 valence electrons. The lowest BCUT2D eigenvalue weighted by atomic mass is 10.0. The Morgan fingerprint density at radius 1 is 0.905 bits per heavy atom. The largest absolute Gasteiger partial charge is 0.323 e. The fraction of sp³-hybridized carbons (Fsp3) is 0.158. The van der Waals surface area contributed by atoms with Gasteiger partial charge in [-0.15, -0.1) is 11.8 Å². The van der Waals surface area contributed by atoms with Crippen molar-refractivity contribution in [2.45, 2.75) is 17.9 Å². The van der Waals surface area contributed by atoms with Crippen molar-refractivity contribution in [3.63, 3.8) is 0 Å². The molecule has 0 aliphatic heterocycles. The number of aryl methyl sites for hydroxylation is 1. The van der Waals surface area contributed by atoms with Crippen molar-refractivity contribution in [3.05, 3.63) is 77.9 Å². The molecule has 0 spiro atoms. The lowest BCUT2D eigenvalue weighted by Gasteiger charge is -2.14. The monoisotopic (exact) mass is 293 g/mol. The van der Waals surface area contributed by atoms with Crippen molar-refractivity contribution in [1.82, 2.24) is 0 Å². The predicted molar refractivity (Wildman–Crippen MR) is 92.8 cm³/mol. The number of benzene rings is 3. The van der Waals surface area contributed by atoms with Gasteiger partial charge in [0.2, 0.25) is 0 Å². The van der Waals surface area contributed by atoms with Crippen molar-refractivity contribution in [3.8, 4) is 0 Å². The maximum absolute atomic E-state index is 6.42. The van der Waals surface area contributed by atoms with Gasteiger partial charge in [-0.1, -0.05) is 60.2 Å². The van der Waals surface area contributed by atoms with Gasteiger partial charge < -0.3 is 5.73 Å². The van der Waals surface area contributed by atoms with Crippen molar-refractivity contribution in [2.75, 3.05) is 5.75 Å². The highest BCUT2D eigenvalue weighted by Crippen LogP contribution is 2.28. The van der Waals surface area contributed by atoms with Gasteiger partial charge in [-0.3, -0.25) is 0 Å². The van der Waals surface area contributed by atoms with Gasteiger partial charge in [0, 0.05) is 16.7 Å². The normalized spacial score (nSPS) is 12.5. The highest BCUT2D eigenvalue weighted by Gasteiger charge is 2.10. The molecular formula is C19H19NS. The second-order valence-corrected chi connectivity index (χ2v) is 6.39. The van der Waals surface area contributed by atoms with Gasteiger partial charge in [0.1, 0.15) is 0 Å². The topological polar surface area (TPSA) is 26.0 Å². The fourth-order valence-corrected chi connectivity index (χ4v) is 3.36. The van der Waals surface area contributed by atoms with E-state index in [0.717, 1.165) is 5.75 Å². The molecular weight excluding hydrogens is 274 g/mol. The van der Waals surface area contributed by atoms with Crippen LogP contribution in [0.3, 0.4) is 0 Å². The van der Waals surface area contributed by atoms with Gasteiger partial charge in [-0.2, -0.15) is 0 Å². The summed E-state index contributed by atoms with van der Waals surface area (Å²) in [6, 6.07) is 23.5. The molecule has 0 heterocycles. The molecule has 3 rings (SSSR count). The molecule has 0 aliphatic carbocycles. The van der Waals surface area contributed by atoms with E-state index in [1.54, 1.807) is 0 Å². The van der Waals surface area contributed by atoms with Crippen molar-refractivity contribution < 1.29 is 0 Å². The molecule has 0 radical (unpaired) electrons. The third-order valence-electron chi connectivity index (χ3n) is 3.67. The van der Waals surface area contributed by atoms with Gasteiger partial charge in [-0.05, 0) is 35.4 Å². The quantitative estimate of drug-likeness (QED) is 0.689. The predicted octanol–water partition coefficient (Wildman–Crippen LogP) is 4.94. The second kappa shape index (κ2) is 6.33. The molecule has 1 unspecified atom stereocenters. The molecule has 1 nitrogen and oxygen atoms in total. The molecule has 0 aliphatic rings. The minimum atomic E-state index is 0.0439.